The van der Waals surface area contributed by atoms with Gasteiger partial charge in [0.05, 0.1) is 12.7 Å². The average molecular weight is 806 g/mol. The first-order valence-electron chi connectivity index (χ1n) is 15.9. The van der Waals surface area contributed by atoms with Crippen LogP contribution in [0.5, 0.6) is 17.2 Å². The number of benzene rings is 2. The molecule has 0 aliphatic carbocycles. The minimum Gasteiger partial charge on any atom is -0.497 e. The molecule has 0 N–H and O–H groups in total. The highest BCUT2D eigenvalue weighted by atomic mass is 35.5. The molecule has 288 valence electrons. The van der Waals surface area contributed by atoms with Gasteiger partial charge in [-0.1, -0.05) is 33.8 Å². The predicted octanol–water partition coefficient (Wildman–Crippen LogP) is 6.89. The van der Waals surface area contributed by atoms with Crippen LogP contribution in [0.25, 0.3) is 0 Å². The van der Waals surface area contributed by atoms with Crippen LogP contribution in [-0.4, -0.2) is 77.9 Å². The number of nitrogens with zero attached hydrogens (tertiary/aromatic N) is 6. The highest BCUT2D eigenvalue weighted by Gasteiger charge is 2.64. The first kappa shape index (κ1) is 41.5. The fraction of sp³-hybridized carbons (Fsp3) is 0.471. The van der Waals surface area contributed by atoms with Crippen LogP contribution in [0.2, 0.25) is 0 Å². The summed E-state index contributed by atoms with van der Waals surface area (Å²) in [6.45, 7) is 7.60. The smallest absolute Gasteiger partial charge is 0.416 e. The second-order valence-corrected chi connectivity index (χ2v) is 14.1. The lowest BCUT2D eigenvalue weighted by atomic mass is 9.71. The zero-order valence-electron chi connectivity index (χ0n) is 29.5. The molecule has 4 rings (SSSR count). The maximum Gasteiger partial charge on any atom is 0.416 e. The maximum absolute atomic E-state index is 14.0. The first-order chi connectivity index (χ1) is 24.9. The molecular formula is C34H38Cl3F3N6O7. The van der Waals surface area contributed by atoms with Crippen LogP contribution >= 0.6 is 34.8 Å². The number of rotatable bonds is 17. The Kier molecular flexibility index (Phi) is 13.2. The Balaban J connectivity index is 2.03. The van der Waals surface area contributed by atoms with E-state index < -0.39 is 69.9 Å². The molecular weight excluding hydrogens is 768 g/mol. The van der Waals surface area contributed by atoms with Crippen LogP contribution in [0.1, 0.15) is 46.4 Å². The average Bonchev–Trinajstić information content (AvgIpc) is 3.87. The Hall–Kier alpha value is -4.28. The van der Waals surface area contributed by atoms with Gasteiger partial charge in [-0.15, -0.1) is 34.8 Å². The van der Waals surface area contributed by atoms with Crippen LogP contribution < -0.4 is 14.2 Å². The number of hydrogen-bond acceptors (Lipinski definition) is 11. The van der Waals surface area contributed by atoms with Gasteiger partial charge >= 0.3 is 18.1 Å². The molecule has 0 saturated heterocycles. The Morgan fingerprint density at radius 2 is 1.53 bits per heavy atom. The molecule has 2 aromatic carbocycles. The van der Waals surface area contributed by atoms with Crippen LogP contribution in [0.4, 0.5) is 13.2 Å². The van der Waals surface area contributed by atoms with Crippen molar-refractivity contribution in [2.75, 3.05) is 18.9 Å². The molecule has 0 aliphatic heterocycles. The Morgan fingerprint density at radius 1 is 0.887 bits per heavy atom. The van der Waals surface area contributed by atoms with Crippen molar-refractivity contribution in [3.05, 3.63) is 79.4 Å². The van der Waals surface area contributed by atoms with Crippen LogP contribution in [0.3, 0.4) is 0 Å². The largest absolute Gasteiger partial charge is 0.497 e. The molecule has 5 atom stereocenters. The van der Waals surface area contributed by atoms with E-state index in [9.17, 15) is 22.8 Å². The number of alkyl halides is 6. The van der Waals surface area contributed by atoms with Gasteiger partial charge in [-0.2, -0.15) is 23.4 Å². The molecule has 0 spiro atoms. The summed E-state index contributed by atoms with van der Waals surface area (Å²) < 4.78 is 74.7. The van der Waals surface area contributed by atoms with Crippen LogP contribution in [0.15, 0.2) is 73.8 Å². The Labute approximate surface area is 318 Å². The zero-order chi connectivity index (χ0) is 39.2. The van der Waals surface area contributed by atoms with E-state index in [0.29, 0.717) is 11.5 Å². The van der Waals surface area contributed by atoms with Gasteiger partial charge in [0.25, 0.3) is 5.72 Å². The molecule has 53 heavy (non-hydrogen) atoms. The third-order valence-corrected chi connectivity index (χ3v) is 10.1. The molecule has 0 saturated carbocycles. The van der Waals surface area contributed by atoms with Crippen molar-refractivity contribution in [2.45, 2.75) is 70.3 Å². The number of halogens is 6. The van der Waals surface area contributed by atoms with Crippen molar-refractivity contribution in [1.29, 1.82) is 0 Å². The van der Waals surface area contributed by atoms with Gasteiger partial charge in [-0.3, -0.25) is 9.59 Å². The molecule has 4 aromatic rings. The van der Waals surface area contributed by atoms with E-state index in [4.69, 9.17) is 58.5 Å². The number of carbonyl (C=O) groups excluding carboxylic acids is 2. The lowest BCUT2D eigenvalue weighted by molar-refractivity contribution is -0.215. The molecule has 19 heteroatoms. The number of ether oxygens (including phenoxy) is 5. The van der Waals surface area contributed by atoms with Crippen molar-refractivity contribution in [3.63, 3.8) is 0 Å². The topological polar surface area (TPSA) is 142 Å². The molecule has 13 nitrogen and oxygen atoms in total. The number of esters is 2. The summed E-state index contributed by atoms with van der Waals surface area (Å²) in [5, 5.41) is 6.99. The zero-order valence-corrected chi connectivity index (χ0v) is 31.7. The van der Waals surface area contributed by atoms with E-state index in [0.717, 1.165) is 29.2 Å². The van der Waals surface area contributed by atoms with E-state index in [-0.39, 0.29) is 11.6 Å². The van der Waals surface area contributed by atoms with Gasteiger partial charge in [-0.05, 0) is 42.5 Å². The van der Waals surface area contributed by atoms with E-state index in [1.807, 2.05) is 0 Å². The predicted molar refractivity (Wildman–Crippen MR) is 187 cm³/mol. The second-order valence-electron chi connectivity index (χ2n) is 13.1. The summed E-state index contributed by atoms with van der Waals surface area (Å²) in [5.74, 6) is -2.03. The molecule has 0 radical (unpaired) electrons. The van der Waals surface area contributed by atoms with Crippen molar-refractivity contribution in [3.8, 4) is 17.2 Å². The van der Waals surface area contributed by atoms with Crippen molar-refractivity contribution in [2.24, 2.45) is 10.8 Å². The standard InChI is InChI=1S/C34H38Cl3F3N6O7/c1-21(47)50-27(28(45-19-41-17-43-45)51-24-12-10-23(49-6)11-13-24)32(4,5)29(37)33(46-20-42-18-44-46,30(31(2,3)16-36)52-26(48)15-35)53-25-9-7-8-22(14-25)34(38,39)40/h7-14,17-20,27-30H,15-16H2,1-6H3. The molecule has 5 unspecified atom stereocenters. The number of carbonyl (C=O) groups is 2. The summed E-state index contributed by atoms with van der Waals surface area (Å²) in [7, 11) is 1.50. The molecule has 0 amide bonds. The summed E-state index contributed by atoms with van der Waals surface area (Å²) >= 11 is 20.1. The summed E-state index contributed by atoms with van der Waals surface area (Å²) in [5.41, 5.74) is -6.24. The van der Waals surface area contributed by atoms with Crippen molar-refractivity contribution < 1.29 is 46.4 Å². The minimum absolute atomic E-state index is 0.199. The van der Waals surface area contributed by atoms with Crippen LogP contribution in [-0.2, 0) is 31.0 Å². The van der Waals surface area contributed by atoms with Gasteiger partial charge in [0, 0.05) is 23.6 Å². The van der Waals surface area contributed by atoms with Crippen molar-refractivity contribution in [1.82, 2.24) is 29.5 Å². The van der Waals surface area contributed by atoms with Gasteiger partial charge in [0.2, 0.25) is 6.23 Å². The van der Waals surface area contributed by atoms with Gasteiger partial charge in [0.15, 0.2) is 12.2 Å². The third-order valence-electron chi connectivity index (χ3n) is 8.32. The summed E-state index contributed by atoms with van der Waals surface area (Å²) in [6, 6.07) is 10.5. The monoisotopic (exact) mass is 804 g/mol. The van der Waals surface area contributed by atoms with Gasteiger partial charge < -0.3 is 23.7 Å². The fourth-order valence-electron chi connectivity index (χ4n) is 5.70. The molecule has 2 heterocycles. The summed E-state index contributed by atoms with van der Waals surface area (Å²) in [6.07, 6.45) is -4.14. The number of methoxy groups -OCH3 is 1. The number of hydrogen-bond donors (Lipinski definition) is 0. The fourth-order valence-corrected chi connectivity index (χ4v) is 6.29. The van der Waals surface area contributed by atoms with Crippen molar-refractivity contribution >= 4 is 46.7 Å². The van der Waals surface area contributed by atoms with E-state index in [1.165, 1.54) is 43.8 Å². The van der Waals surface area contributed by atoms with Crippen LogP contribution in [0, 0.1) is 10.8 Å². The minimum atomic E-state index is -4.76. The third kappa shape index (κ3) is 9.27. The molecule has 0 aliphatic rings. The van der Waals surface area contributed by atoms with Gasteiger partial charge in [0.1, 0.15) is 53.8 Å². The maximum atomic E-state index is 14.0. The Bertz CT molecular complexity index is 1800. The normalized spacial score (nSPS) is 15.7. The van der Waals surface area contributed by atoms with E-state index >= 15 is 0 Å². The first-order valence-corrected chi connectivity index (χ1v) is 17.4. The van der Waals surface area contributed by atoms with E-state index in [1.54, 1.807) is 52.0 Å². The highest BCUT2D eigenvalue weighted by molar-refractivity contribution is 6.26. The molecule has 0 fully saturated rings. The lowest BCUT2D eigenvalue weighted by Gasteiger charge is -2.52. The van der Waals surface area contributed by atoms with Gasteiger partial charge in [-0.25, -0.2) is 19.3 Å². The highest BCUT2D eigenvalue weighted by Crippen LogP contribution is 2.51. The molecule has 2 aromatic heterocycles. The Morgan fingerprint density at radius 3 is 2.06 bits per heavy atom. The summed E-state index contributed by atoms with van der Waals surface area (Å²) in [4.78, 5) is 34.1. The number of aromatic nitrogens is 6. The quantitative estimate of drug-likeness (QED) is 0.0814. The second kappa shape index (κ2) is 16.8. The molecule has 0 bridgehead atoms. The lowest BCUT2D eigenvalue weighted by Crippen LogP contribution is -2.67. The SMILES string of the molecule is COc1ccc(OC(C(OC(C)=O)C(C)(C)C(Cl)C(Oc2cccc(C(F)(F)F)c2)(C(OC(=O)CCl)C(C)(C)CCl)n2cncn2)n2cncn2)cc1. The van der Waals surface area contributed by atoms with E-state index in [2.05, 4.69) is 20.2 Å².